The summed E-state index contributed by atoms with van der Waals surface area (Å²) in [6.07, 6.45) is 3.17. The number of aliphatic hydroxyl groups excluding tert-OH is 1. The zero-order valence-corrected chi connectivity index (χ0v) is 11.4. The number of thioether (sulfide) groups is 1. The largest absolute Gasteiger partial charge is 0.396 e. The van der Waals surface area contributed by atoms with Gasteiger partial charge in [0.2, 0.25) is 0 Å². The van der Waals surface area contributed by atoms with Gasteiger partial charge < -0.3 is 10.4 Å². The molecule has 0 amide bonds. The second-order valence-electron chi connectivity index (χ2n) is 4.26. The second kappa shape index (κ2) is 6.64. The molecule has 0 saturated carbocycles. The lowest BCUT2D eigenvalue weighted by Gasteiger charge is -2.19. The van der Waals surface area contributed by atoms with Gasteiger partial charge in [-0.1, -0.05) is 11.6 Å². The van der Waals surface area contributed by atoms with E-state index in [1.54, 1.807) is 0 Å². The third-order valence-corrected chi connectivity index (χ3v) is 4.38. The van der Waals surface area contributed by atoms with E-state index in [1.165, 1.54) is 22.6 Å². The fourth-order valence-electron chi connectivity index (χ4n) is 2.12. The van der Waals surface area contributed by atoms with Crippen LogP contribution in [-0.4, -0.2) is 24.0 Å². The molecule has 2 nitrogen and oxygen atoms in total. The molecule has 1 atom stereocenters. The standard InChI is InChI=1S/C13H18ClNOS/c14-10-4-5-13-11(9-10)12(3-1-8-17-13)15-6-2-7-16/h4-5,9,12,15-16H,1-3,6-8H2. The van der Waals surface area contributed by atoms with E-state index in [4.69, 9.17) is 16.7 Å². The van der Waals surface area contributed by atoms with Gasteiger partial charge in [-0.3, -0.25) is 0 Å². The van der Waals surface area contributed by atoms with Crippen molar-refractivity contribution in [3.8, 4) is 0 Å². The van der Waals surface area contributed by atoms with Crippen LogP contribution in [0.25, 0.3) is 0 Å². The van der Waals surface area contributed by atoms with Gasteiger partial charge in [0, 0.05) is 22.6 Å². The Hall–Kier alpha value is -0.220. The maximum Gasteiger partial charge on any atom is 0.0443 e. The summed E-state index contributed by atoms with van der Waals surface area (Å²) in [6.45, 7) is 1.11. The summed E-state index contributed by atoms with van der Waals surface area (Å²) in [5.74, 6) is 1.17. The fourth-order valence-corrected chi connectivity index (χ4v) is 3.36. The predicted octanol–water partition coefficient (Wildman–Crippen LogP) is 3.24. The number of halogens is 1. The minimum absolute atomic E-state index is 0.247. The average molecular weight is 272 g/mol. The van der Waals surface area contributed by atoms with Gasteiger partial charge in [-0.15, -0.1) is 11.8 Å². The van der Waals surface area contributed by atoms with Crippen LogP contribution in [0.15, 0.2) is 23.1 Å². The maximum atomic E-state index is 8.83. The van der Waals surface area contributed by atoms with Crippen LogP contribution in [0.4, 0.5) is 0 Å². The molecule has 1 unspecified atom stereocenters. The summed E-state index contributed by atoms with van der Waals surface area (Å²) in [5.41, 5.74) is 1.32. The highest BCUT2D eigenvalue weighted by Gasteiger charge is 2.18. The van der Waals surface area contributed by atoms with Crippen molar-refractivity contribution in [2.75, 3.05) is 18.9 Å². The summed E-state index contributed by atoms with van der Waals surface area (Å²) in [4.78, 5) is 1.34. The highest BCUT2D eigenvalue weighted by molar-refractivity contribution is 7.99. The van der Waals surface area contributed by atoms with Gasteiger partial charge in [-0.05, 0) is 55.3 Å². The fraction of sp³-hybridized carbons (Fsp3) is 0.538. The normalized spacial score (nSPS) is 19.8. The highest BCUT2D eigenvalue weighted by atomic mass is 35.5. The Bertz CT molecular complexity index is 372. The molecule has 0 fully saturated rings. The van der Waals surface area contributed by atoms with Crippen LogP contribution >= 0.6 is 23.4 Å². The number of aliphatic hydroxyl groups is 1. The van der Waals surface area contributed by atoms with Crippen molar-refractivity contribution in [2.24, 2.45) is 0 Å². The van der Waals surface area contributed by atoms with Crippen molar-refractivity contribution in [2.45, 2.75) is 30.2 Å². The van der Waals surface area contributed by atoms with Crippen molar-refractivity contribution in [3.63, 3.8) is 0 Å². The van der Waals surface area contributed by atoms with Crippen LogP contribution in [0.5, 0.6) is 0 Å². The third-order valence-electron chi connectivity index (χ3n) is 2.97. The van der Waals surface area contributed by atoms with E-state index in [0.717, 1.165) is 24.4 Å². The van der Waals surface area contributed by atoms with E-state index in [9.17, 15) is 0 Å². The van der Waals surface area contributed by atoms with Crippen LogP contribution in [0.2, 0.25) is 5.02 Å². The molecule has 0 radical (unpaired) electrons. The third kappa shape index (κ3) is 3.62. The molecule has 2 rings (SSSR count). The Kier molecular flexibility index (Phi) is 5.16. The molecule has 0 bridgehead atoms. The number of nitrogens with one attached hydrogen (secondary N) is 1. The minimum atomic E-state index is 0.247. The molecule has 1 heterocycles. The number of rotatable bonds is 4. The Morgan fingerprint density at radius 2 is 2.35 bits per heavy atom. The summed E-state index contributed by atoms with van der Waals surface area (Å²) in [7, 11) is 0. The first-order chi connectivity index (χ1) is 8.31. The zero-order valence-electron chi connectivity index (χ0n) is 9.79. The first-order valence-electron chi connectivity index (χ1n) is 6.08. The number of benzene rings is 1. The lowest BCUT2D eigenvalue weighted by molar-refractivity contribution is 0.282. The number of fused-ring (bicyclic) bond motifs is 1. The molecule has 1 aliphatic rings. The number of hydrogen-bond acceptors (Lipinski definition) is 3. The highest BCUT2D eigenvalue weighted by Crippen LogP contribution is 2.36. The molecule has 2 N–H and O–H groups in total. The molecule has 4 heteroatoms. The number of hydrogen-bond donors (Lipinski definition) is 2. The van der Waals surface area contributed by atoms with Gasteiger partial charge in [0.15, 0.2) is 0 Å². The van der Waals surface area contributed by atoms with E-state index < -0.39 is 0 Å². The SMILES string of the molecule is OCCCNC1CCCSc2ccc(Cl)cc21. The first kappa shape index (κ1) is 13.2. The van der Waals surface area contributed by atoms with Crippen LogP contribution in [0.3, 0.4) is 0 Å². The molecule has 1 aromatic carbocycles. The van der Waals surface area contributed by atoms with Crippen LogP contribution in [0.1, 0.15) is 30.9 Å². The zero-order chi connectivity index (χ0) is 12.1. The van der Waals surface area contributed by atoms with Crippen molar-refractivity contribution in [1.29, 1.82) is 0 Å². The molecule has 1 aliphatic heterocycles. The molecular formula is C13H18ClNOS. The molecule has 0 aliphatic carbocycles. The maximum absolute atomic E-state index is 8.83. The summed E-state index contributed by atoms with van der Waals surface area (Å²) >= 11 is 7.99. The average Bonchev–Trinajstić information content (AvgIpc) is 2.52. The smallest absolute Gasteiger partial charge is 0.0443 e. The van der Waals surface area contributed by atoms with Gasteiger partial charge in [-0.25, -0.2) is 0 Å². The van der Waals surface area contributed by atoms with E-state index >= 15 is 0 Å². The van der Waals surface area contributed by atoms with Gasteiger partial charge in [0.1, 0.15) is 0 Å². The first-order valence-corrected chi connectivity index (χ1v) is 7.44. The molecule has 0 saturated heterocycles. The summed E-state index contributed by atoms with van der Waals surface area (Å²) < 4.78 is 0. The monoisotopic (exact) mass is 271 g/mol. The van der Waals surface area contributed by atoms with Crippen LogP contribution in [-0.2, 0) is 0 Å². The molecule has 0 aromatic heterocycles. The molecule has 17 heavy (non-hydrogen) atoms. The molecular weight excluding hydrogens is 254 g/mol. The Labute approximate surface area is 112 Å². The van der Waals surface area contributed by atoms with E-state index in [-0.39, 0.29) is 6.61 Å². The van der Waals surface area contributed by atoms with E-state index in [0.29, 0.717) is 6.04 Å². The lowest BCUT2D eigenvalue weighted by Crippen LogP contribution is -2.23. The van der Waals surface area contributed by atoms with Crippen LogP contribution in [0, 0.1) is 0 Å². The van der Waals surface area contributed by atoms with Gasteiger partial charge in [-0.2, -0.15) is 0 Å². The molecule has 1 aromatic rings. The lowest BCUT2D eigenvalue weighted by atomic mass is 10.0. The van der Waals surface area contributed by atoms with Gasteiger partial charge in [0.05, 0.1) is 0 Å². The topological polar surface area (TPSA) is 32.3 Å². The molecule has 94 valence electrons. The van der Waals surface area contributed by atoms with Crippen LogP contribution < -0.4 is 5.32 Å². The van der Waals surface area contributed by atoms with Gasteiger partial charge in [0.25, 0.3) is 0 Å². The quantitative estimate of drug-likeness (QED) is 0.825. The van der Waals surface area contributed by atoms with Crippen molar-refractivity contribution in [3.05, 3.63) is 28.8 Å². The summed E-state index contributed by atoms with van der Waals surface area (Å²) in [6, 6.07) is 6.54. The minimum Gasteiger partial charge on any atom is -0.396 e. The van der Waals surface area contributed by atoms with E-state index in [2.05, 4.69) is 17.4 Å². The second-order valence-corrected chi connectivity index (χ2v) is 5.83. The Balaban J connectivity index is 2.13. The predicted molar refractivity (Wildman–Crippen MR) is 73.9 cm³/mol. The van der Waals surface area contributed by atoms with Crippen molar-refractivity contribution in [1.82, 2.24) is 5.32 Å². The summed E-state index contributed by atoms with van der Waals surface area (Å²) in [5, 5.41) is 13.1. The van der Waals surface area contributed by atoms with Gasteiger partial charge >= 0.3 is 0 Å². The van der Waals surface area contributed by atoms with Crippen molar-refractivity contribution < 1.29 is 5.11 Å². The van der Waals surface area contributed by atoms with E-state index in [1.807, 2.05) is 17.8 Å². The Morgan fingerprint density at radius 1 is 1.47 bits per heavy atom. The van der Waals surface area contributed by atoms with Crippen molar-refractivity contribution >= 4 is 23.4 Å². The molecule has 0 spiro atoms. The Morgan fingerprint density at radius 3 is 3.18 bits per heavy atom.